The van der Waals surface area contributed by atoms with Gasteiger partial charge < -0.3 is 14.7 Å². The Kier molecular flexibility index (Phi) is 5.42. The van der Waals surface area contributed by atoms with Crippen molar-refractivity contribution in [2.45, 2.75) is 50.5 Å². The molecule has 2 fully saturated rings. The Morgan fingerprint density at radius 2 is 1.92 bits per heavy atom. The first-order valence-electron chi connectivity index (χ1n) is 9.17. The van der Waals surface area contributed by atoms with Crippen molar-refractivity contribution in [3.05, 3.63) is 35.4 Å². The summed E-state index contributed by atoms with van der Waals surface area (Å²) >= 11 is 0. The van der Waals surface area contributed by atoms with Gasteiger partial charge in [0.1, 0.15) is 0 Å². The Morgan fingerprint density at radius 1 is 1.24 bits per heavy atom. The van der Waals surface area contributed by atoms with Gasteiger partial charge in [-0.05, 0) is 56.1 Å². The molecule has 0 bridgehead atoms. The number of carboxylic acids is 1. The van der Waals surface area contributed by atoms with Crippen LogP contribution in [0.2, 0.25) is 0 Å². The molecule has 1 saturated heterocycles. The highest BCUT2D eigenvalue weighted by Crippen LogP contribution is 2.38. The molecule has 3 rings (SSSR count). The van der Waals surface area contributed by atoms with Crippen LogP contribution in [0, 0.1) is 5.92 Å². The molecule has 1 heterocycles. The van der Waals surface area contributed by atoms with Crippen molar-refractivity contribution in [1.82, 2.24) is 4.90 Å². The van der Waals surface area contributed by atoms with Gasteiger partial charge in [-0.2, -0.15) is 0 Å². The smallest absolute Gasteiger partial charge is 0.335 e. The van der Waals surface area contributed by atoms with Gasteiger partial charge in [0.2, 0.25) is 5.91 Å². The molecule has 0 radical (unpaired) electrons. The molecule has 0 unspecified atom stereocenters. The van der Waals surface area contributed by atoms with Crippen LogP contribution in [0.3, 0.4) is 0 Å². The topological polar surface area (TPSA) is 66.8 Å². The Bertz CT molecular complexity index is 625. The number of benzene rings is 1. The van der Waals surface area contributed by atoms with Gasteiger partial charge in [0.25, 0.3) is 0 Å². The summed E-state index contributed by atoms with van der Waals surface area (Å²) in [6, 6.07) is 7.22. The number of nitrogens with zero attached hydrogens (tertiary/aromatic N) is 1. The van der Waals surface area contributed by atoms with Crippen LogP contribution in [0.5, 0.6) is 0 Å². The average Bonchev–Trinajstić information content (AvgIpc) is 2.59. The predicted molar refractivity (Wildman–Crippen MR) is 94.6 cm³/mol. The molecule has 1 aromatic carbocycles. The monoisotopic (exact) mass is 345 g/mol. The summed E-state index contributed by atoms with van der Waals surface area (Å²) < 4.78 is 5.57. The molecule has 5 nitrogen and oxygen atoms in total. The van der Waals surface area contributed by atoms with Crippen LogP contribution in [-0.4, -0.2) is 47.7 Å². The highest BCUT2D eigenvalue weighted by Gasteiger charge is 2.40. The molecule has 136 valence electrons. The molecule has 0 atom stereocenters. The first-order chi connectivity index (χ1) is 12.0. The molecule has 1 saturated carbocycles. The van der Waals surface area contributed by atoms with Gasteiger partial charge in [0.15, 0.2) is 0 Å². The molecule has 1 aliphatic carbocycles. The highest BCUT2D eigenvalue weighted by atomic mass is 16.5. The van der Waals surface area contributed by atoms with E-state index in [4.69, 9.17) is 4.74 Å². The third kappa shape index (κ3) is 4.03. The van der Waals surface area contributed by atoms with Crippen molar-refractivity contribution in [3.8, 4) is 0 Å². The fourth-order valence-electron chi connectivity index (χ4n) is 4.02. The Hall–Kier alpha value is -1.88. The van der Waals surface area contributed by atoms with Gasteiger partial charge in [-0.15, -0.1) is 0 Å². The summed E-state index contributed by atoms with van der Waals surface area (Å²) in [4.78, 5) is 25.8. The third-order valence-corrected chi connectivity index (χ3v) is 5.89. The SMILES string of the molecule is COC1(CC(=O)N2CCC(Cc3ccccc3C(=O)O)CC2)CCC1. The van der Waals surface area contributed by atoms with Gasteiger partial charge in [-0.1, -0.05) is 18.2 Å². The van der Waals surface area contributed by atoms with Gasteiger partial charge >= 0.3 is 5.97 Å². The second kappa shape index (κ2) is 7.56. The zero-order valence-corrected chi connectivity index (χ0v) is 14.9. The largest absolute Gasteiger partial charge is 0.478 e. The van der Waals surface area contributed by atoms with Crippen LogP contribution in [0.1, 0.15) is 54.4 Å². The molecule has 25 heavy (non-hydrogen) atoms. The van der Waals surface area contributed by atoms with Gasteiger partial charge in [0, 0.05) is 20.2 Å². The van der Waals surface area contributed by atoms with Crippen molar-refractivity contribution >= 4 is 11.9 Å². The lowest BCUT2D eigenvalue weighted by molar-refractivity contribution is -0.145. The number of ether oxygens (including phenoxy) is 1. The lowest BCUT2D eigenvalue weighted by Gasteiger charge is -2.42. The maximum atomic E-state index is 12.5. The number of carbonyl (C=O) groups excluding carboxylic acids is 1. The standard InChI is InChI=1S/C20H27NO4/c1-25-20(9-4-10-20)14-18(22)21-11-7-15(8-12-21)13-16-5-2-3-6-17(16)19(23)24/h2-3,5-6,15H,4,7-14H2,1H3,(H,23,24). The van der Waals surface area contributed by atoms with Crippen molar-refractivity contribution in [1.29, 1.82) is 0 Å². The minimum absolute atomic E-state index is 0.200. The molecule has 1 N–H and O–H groups in total. The number of amides is 1. The molecule has 1 amide bonds. The van der Waals surface area contributed by atoms with E-state index in [0.717, 1.165) is 57.2 Å². The molecule has 2 aliphatic rings. The van der Waals surface area contributed by atoms with E-state index < -0.39 is 5.97 Å². The van der Waals surface area contributed by atoms with E-state index >= 15 is 0 Å². The molecule has 0 aromatic heterocycles. The van der Waals surface area contributed by atoms with Gasteiger partial charge in [-0.3, -0.25) is 4.79 Å². The van der Waals surface area contributed by atoms with Crippen LogP contribution in [0.25, 0.3) is 0 Å². The van der Waals surface area contributed by atoms with Crippen molar-refractivity contribution < 1.29 is 19.4 Å². The van der Waals surface area contributed by atoms with Crippen molar-refractivity contribution in [2.24, 2.45) is 5.92 Å². The minimum Gasteiger partial charge on any atom is -0.478 e. The van der Waals surface area contributed by atoms with Crippen LogP contribution >= 0.6 is 0 Å². The maximum Gasteiger partial charge on any atom is 0.335 e. The fraction of sp³-hybridized carbons (Fsp3) is 0.600. The first-order valence-corrected chi connectivity index (χ1v) is 9.17. The number of aromatic carboxylic acids is 1. The molecular weight excluding hydrogens is 318 g/mol. The number of hydrogen-bond acceptors (Lipinski definition) is 3. The number of likely N-dealkylation sites (tertiary alicyclic amines) is 1. The summed E-state index contributed by atoms with van der Waals surface area (Å²) in [5, 5.41) is 9.31. The zero-order valence-electron chi connectivity index (χ0n) is 14.9. The quantitative estimate of drug-likeness (QED) is 0.860. The lowest BCUT2D eigenvalue weighted by Crippen LogP contribution is -2.47. The van der Waals surface area contributed by atoms with E-state index in [1.54, 1.807) is 19.2 Å². The van der Waals surface area contributed by atoms with Crippen LogP contribution in [0.4, 0.5) is 0 Å². The molecule has 5 heteroatoms. The number of carboxylic acid groups (broad SMARTS) is 1. The normalized spacial score (nSPS) is 20.1. The number of rotatable bonds is 6. The third-order valence-electron chi connectivity index (χ3n) is 5.89. The predicted octanol–water partition coefficient (Wildman–Crippen LogP) is 3.13. The summed E-state index contributed by atoms with van der Waals surface area (Å²) in [5.41, 5.74) is 1.08. The van der Waals surface area contributed by atoms with Gasteiger partial charge in [-0.25, -0.2) is 4.79 Å². The van der Waals surface area contributed by atoms with E-state index in [2.05, 4.69) is 0 Å². The highest BCUT2D eigenvalue weighted by molar-refractivity contribution is 5.89. The summed E-state index contributed by atoms with van der Waals surface area (Å²) in [7, 11) is 1.71. The van der Waals surface area contributed by atoms with E-state index in [9.17, 15) is 14.7 Å². The van der Waals surface area contributed by atoms with Gasteiger partial charge in [0.05, 0.1) is 17.6 Å². The van der Waals surface area contributed by atoms with E-state index in [1.807, 2.05) is 17.0 Å². The lowest BCUT2D eigenvalue weighted by atomic mass is 9.77. The average molecular weight is 345 g/mol. The fourth-order valence-corrected chi connectivity index (χ4v) is 4.02. The minimum atomic E-state index is -0.867. The summed E-state index contributed by atoms with van der Waals surface area (Å²) in [6.07, 6.45) is 6.24. The zero-order chi connectivity index (χ0) is 17.9. The number of methoxy groups -OCH3 is 1. The Morgan fingerprint density at radius 3 is 2.48 bits per heavy atom. The van der Waals surface area contributed by atoms with Crippen LogP contribution in [-0.2, 0) is 16.0 Å². The molecule has 0 spiro atoms. The van der Waals surface area contributed by atoms with E-state index in [1.165, 1.54) is 0 Å². The first kappa shape index (κ1) is 17.9. The summed E-state index contributed by atoms with van der Waals surface area (Å²) in [5.74, 6) is -0.232. The molecule has 1 aromatic rings. The van der Waals surface area contributed by atoms with Crippen molar-refractivity contribution in [2.75, 3.05) is 20.2 Å². The van der Waals surface area contributed by atoms with E-state index in [-0.39, 0.29) is 11.5 Å². The molecular formula is C20H27NO4. The summed E-state index contributed by atoms with van der Waals surface area (Å²) in [6.45, 7) is 1.52. The Labute approximate surface area is 149 Å². The van der Waals surface area contributed by atoms with Crippen LogP contribution < -0.4 is 0 Å². The molecule has 1 aliphatic heterocycles. The maximum absolute atomic E-state index is 12.5. The number of hydrogen-bond donors (Lipinski definition) is 1. The second-order valence-electron chi connectivity index (χ2n) is 7.41. The van der Waals surface area contributed by atoms with E-state index in [0.29, 0.717) is 17.9 Å². The van der Waals surface area contributed by atoms with Crippen LogP contribution in [0.15, 0.2) is 24.3 Å². The number of piperidine rings is 1. The Balaban J connectivity index is 1.52. The second-order valence-corrected chi connectivity index (χ2v) is 7.41. The number of carbonyl (C=O) groups is 2. The van der Waals surface area contributed by atoms with Crippen molar-refractivity contribution in [3.63, 3.8) is 0 Å².